The van der Waals surface area contributed by atoms with E-state index in [-0.39, 0.29) is 0 Å². The molecule has 2 aromatic rings. The van der Waals surface area contributed by atoms with Gasteiger partial charge in [0.25, 0.3) is 0 Å². The van der Waals surface area contributed by atoms with Crippen molar-refractivity contribution < 1.29 is 0 Å². The minimum Gasteiger partial charge on any atom is -0.329 e. The van der Waals surface area contributed by atoms with Crippen molar-refractivity contribution in [2.75, 3.05) is 0 Å². The topological polar surface area (TPSA) is 17.8 Å². The number of aromatic nitrogens is 2. The van der Waals surface area contributed by atoms with Gasteiger partial charge in [-0.15, -0.1) is 22.9 Å². The zero-order valence-electron chi connectivity index (χ0n) is 7.28. The van der Waals surface area contributed by atoms with Gasteiger partial charge < -0.3 is 4.57 Å². The van der Waals surface area contributed by atoms with Gasteiger partial charge >= 0.3 is 0 Å². The first-order valence-electron chi connectivity index (χ1n) is 4.10. The van der Waals surface area contributed by atoms with Gasteiger partial charge in [-0.1, -0.05) is 0 Å². The van der Waals surface area contributed by atoms with Crippen LogP contribution in [0.2, 0.25) is 0 Å². The summed E-state index contributed by atoms with van der Waals surface area (Å²) >= 11 is 10.9. The van der Waals surface area contributed by atoms with Crippen molar-refractivity contribution in [1.29, 1.82) is 0 Å². The smallest absolute Gasteiger partial charge is 0.123 e. The van der Waals surface area contributed by atoms with Crippen LogP contribution < -0.4 is 0 Å². The summed E-state index contributed by atoms with van der Waals surface area (Å²) in [4.78, 5) is 5.45. The van der Waals surface area contributed by atoms with Gasteiger partial charge in [-0.3, -0.25) is 0 Å². The Morgan fingerprint density at radius 3 is 3.00 bits per heavy atom. The van der Waals surface area contributed by atoms with E-state index in [0.717, 1.165) is 16.2 Å². The van der Waals surface area contributed by atoms with Crippen LogP contribution in [-0.4, -0.2) is 9.55 Å². The highest BCUT2D eigenvalue weighted by molar-refractivity contribution is 9.11. The average Bonchev–Trinajstić information content (AvgIpc) is 2.76. The Balaban J connectivity index is 2.18. The molecule has 0 aliphatic rings. The van der Waals surface area contributed by atoms with Crippen LogP contribution in [0, 0.1) is 0 Å². The summed E-state index contributed by atoms with van der Waals surface area (Å²) in [6.07, 6.45) is 3.73. The highest BCUT2D eigenvalue weighted by atomic mass is 79.9. The summed E-state index contributed by atoms with van der Waals surface area (Å²) in [6.45, 7) is 0.846. The first-order valence-corrected chi connectivity index (χ1v) is 6.24. The SMILES string of the molecule is ClCc1nccn1Cc1ccc(Br)s1. The lowest BCUT2D eigenvalue weighted by Gasteiger charge is -2.02. The highest BCUT2D eigenvalue weighted by Crippen LogP contribution is 2.23. The summed E-state index contributed by atoms with van der Waals surface area (Å²) in [5.41, 5.74) is 0. The molecule has 0 aliphatic heterocycles. The third-order valence-electron chi connectivity index (χ3n) is 1.88. The lowest BCUT2D eigenvalue weighted by molar-refractivity contribution is 0.765. The number of hydrogen-bond donors (Lipinski definition) is 0. The quantitative estimate of drug-likeness (QED) is 0.792. The largest absolute Gasteiger partial charge is 0.329 e. The minimum atomic E-state index is 0.458. The summed E-state index contributed by atoms with van der Waals surface area (Å²) in [5, 5.41) is 0. The molecule has 2 nitrogen and oxygen atoms in total. The number of thiophene rings is 1. The Morgan fingerprint density at radius 1 is 1.50 bits per heavy atom. The monoisotopic (exact) mass is 290 g/mol. The van der Waals surface area contributed by atoms with Gasteiger partial charge in [0.1, 0.15) is 5.82 Å². The molecule has 14 heavy (non-hydrogen) atoms. The number of alkyl halides is 1. The fraction of sp³-hybridized carbons (Fsp3) is 0.222. The first-order chi connectivity index (χ1) is 6.79. The Kier molecular flexibility index (Phi) is 3.26. The molecular weight excluding hydrogens is 284 g/mol. The zero-order chi connectivity index (χ0) is 9.97. The van der Waals surface area contributed by atoms with Crippen molar-refractivity contribution in [2.24, 2.45) is 0 Å². The van der Waals surface area contributed by atoms with E-state index in [9.17, 15) is 0 Å². The predicted molar refractivity (Wildman–Crippen MR) is 62.9 cm³/mol. The molecule has 5 heteroatoms. The van der Waals surface area contributed by atoms with Crippen LogP contribution in [0.25, 0.3) is 0 Å². The Hall–Kier alpha value is -0.320. The fourth-order valence-corrected chi connectivity index (χ4v) is 2.92. The van der Waals surface area contributed by atoms with Crippen LogP contribution in [0.4, 0.5) is 0 Å². The zero-order valence-corrected chi connectivity index (χ0v) is 10.4. The number of nitrogens with zero attached hydrogens (tertiary/aromatic N) is 2. The molecule has 2 heterocycles. The predicted octanol–water partition coefficient (Wildman–Crippen LogP) is 3.49. The summed E-state index contributed by atoms with van der Waals surface area (Å²) in [5.74, 6) is 1.37. The normalized spacial score (nSPS) is 10.7. The van der Waals surface area contributed by atoms with E-state index in [0.29, 0.717) is 5.88 Å². The van der Waals surface area contributed by atoms with Gasteiger partial charge in [0.2, 0.25) is 0 Å². The maximum Gasteiger partial charge on any atom is 0.123 e. The molecule has 0 N–H and O–H groups in total. The molecule has 0 amide bonds. The van der Waals surface area contributed by atoms with Crippen LogP contribution in [0.15, 0.2) is 28.3 Å². The molecule has 2 rings (SSSR count). The summed E-state index contributed by atoms with van der Waals surface area (Å²) < 4.78 is 3.21. The Bertz CT molecular complexity index is 424. The molecule has 0 saturated carbocycles. The second-order valence-corrected chi connectivity index (χ2v) is 5.63. The van der Waals surface area contributed by atoms with Gasteiger partial charge in [0.15, 0.2) is 0 Å². The Morgan fingerprint density at radius 2 is 2.36 bits per heavy atom. The van der Waals surface area contributed by atoms with Gasteiger partial charge in [-0.2, -0.15) is 0 Å². The molecule has 0 aliphatic carbocycles. The van der Waals surface area contributed by atoms with E-state index in [1.807, 2.05) is 6.20 Å². The van der Waals surface area contributed by atoms with E-state index >= 15 is 0 Å². The van der Waals surface area contributed by atoms with Crippen molar-refractivity contribution in [3.63, 3.8) is 0 Å². The molecule has 74 valence electrons. The third-order valence-corrected chi connectivity index (χ3v) is 3.72. The first kappa shape index (κ1) is 10.2. The number of rotatable bonds is 3. The highest BCUT2D eigenvalue weighted by Gasteiger charge is 2.03. The lowest BCUT2D eigenvalue weighted by atomic mass is 10.4. The standard InChI is InChI=1S/C9H8BrClN2S/c10-8-2-1-7(14-8)6-13-4-3-12-9(13)5-11/h1-4H,5-6H2. The van der Waals surface area contributed by atoms with E-state index in [1.54, 1.807) is 17.5 Å². The van der Waals surface area contributed by atoms with Gasteiger partial charge in [0, 0.05) is 17.3 Å². The molecule has 0 aromatic carbocycles. The average molecular weight is 292 g/mol. The van der Waals surface area contributed by atoms with Crippen LogP contribution in [0.1, 0.15) is 10.7 Å². The van der Waals surface area contributed by atoms with Crippen molar-refractivity contribution in [2.45, 2.75) is 12.4 Å². The maximum absolute atomic E-state index is 5.76. The van der Waals surface area contributed by atoms with Crippen LogP contribution in [-0.2, 0) is 12.4 Å². The van der Waals surface area contributed by atoms with Gasteiger partial charge in [0.05, 0.1) is 16.2 Å². The Labute approximate surface area is 99.7 Å². The molecule has 2 aromatic heterocycles. The molecule has 0 atom stereocenters. The number of hydrogen-bond acceptors (Lipinski definition) is 2. The maximum atomic E-state index is 5.76. The number of imidazole rings is 1. The lowest BCUT2D eigenvalue weighted by Crippen LogP contribution is -2.00. The fourth-order valence-electron chi connectivity index (χ4n) is 1.22. The van der Waals surface area contributed by atoms with Crippen LogP contribution in [0.5, 0.6) is 0 Å². The van der Waals surface area contributed by atoms with Crippen molar-refractivity contribution in [3.05, 3.63) is 39.0 Å². The molecular formula is C9H8BrClN2S. The minimum absolute atomic E-state index is 0.458. The molecule has 0 fully saturated rings. The molecule has 0 spiro atoms. The van der Waals surface area contributed by atoms with Crippen molar-refractivity contribution >= 4 is 38.9 Å². The second kappa shape index (κ2) is 4.47. The van der Waals surface area contributed by atoms with Gasteiger partial charge in [-0.25, -0.2) is 4.98 Å². The van der Waals surface area contributed by atoms with Crippen molar-refractivity contribution in [3.8, 4) is 0 Å². The van der Waals surface area contributed by atoms with E-state index < -0.39 is 0 Å². The van der Waals surface area contributed by atoms with Gasteiger partial charge in [-0.05, 0) is 28.1 Å². The molecule has 0 unspecified atom stereocenters. The summed E-state index contributed by atoms with van der Waals surface area (Å²) in [7, 11) is 0. The number of halogens is 2. The van der Waals surface area contributed by atoms with E-state index in [1.165, 1.54) is 4.88 Å². The van der Waals surface area contributed by atoms with Crippen LogP contribution >= 0.6 is 38.9 Å². The molecule has 0 bridgehead atoms. The molecule has 0 saturated heterocycles. The third kappa shape index (κ3) is 2.19. The van der Waals surface area contributed by atoms with Crippen LogP contribution in [0.3, 0.4) is 0 Å². The van der Waals surface area contributed by atoms with E-state index in [2.05, 4.69) is 37.6 Å². The van der Waals surface area contributed by atoms with E-state index in [4.69, 9.17) is 11.6 Å². The molecule has 0 radical (unpaired) electrons. The second-order valence-electron chi connectivity index (χ2n) is 2.81. The van der Waals surface area contributed by atoms with Crippen molar-refractivity contribution in [1.82, 2.24) is 9.55 Å². The summed E-state index contributed by atoms with van der Waals surface area (Å²) in [6, 6.07) is 4.16.